The Morgan fingerprint density at radius 1 is 1.17 bits per heavy atom. The minimum atomic E-state index is 0.188. The summed E-state index contributed by atoms with van der Waals surface area (Å²) in [5, 5.41) is 8.58. The van der Waals surface area contributed by atoms with Crippen molar-refractivity contribution in [1.82, 2.24) is 10.7 Å². The molecular formula is C19H20ClN3O. The molecule has 2 heterocycles. The largest absolute Gasteiger partial charge is 0.487 e. The van der Waals surface area contributed by atoms with E-state index in [2.05, 4.69) is 21.9 Å². The van der Waals surface area contributed by atoms with Gasteiger partial charge in [0.15, 0.2) is 0 Å². The molecule has 5 heteroatoms. The average molecular weight is 342 g/mol. The van der Waals surface area contributed by atoms with E-state index in [0.717, 1.165) is 30.6 Å². The molecule has 2 N–H and O–H groups in total. The van der Waals surface area contributed by atoms with Crippen molar-refractivity contribution in [2.75, 3.05) is 13.1 Å². The van der Waals surface area contributed by atoms with Gasteiger partial charge in [0, 0.05) is 31.1 Å². The maximum Gasteiger partial charge on any atom is 0.138 e. The van der Waals surface area contributed by atoms with Gasteiger partial charge >= 0.3 is 0 Å². The highest BCUT2D eigenvalue weighted by Crippen LogP contribution is 2.34. The van der Waals surface area contributed by atoms with Crippen molar-refractivity contribution >= 4 is 17.3 Å². The van der Waals surface area contributed by atoms with Gasteiger partial charge in [-0.25, -0.2) is 0 Å². The third kappa shape index (κ3) is 3.12. The summed E-state index contributed by atoms with van der Waals surface area (Å²) in [5.41, 5.74) is 6.81. The van der Waals surface area contributed by atoms with Crippen LogP contribution in [0.15, 0.2) is 53.6 Å². The lowest BCUT2D eigenvalue weighted by molar-refractivity contribution is 0.306. The fraction of sp³-hybridized carbons (Fsp3) is 0.316. The van der Waals surface area contributed by atoms with Crippen molar-refractivity contribution in [1.29, 1.82) is 0 Å². The van der Waals surface area contributed by atoms with Crippen molar-refractivity contribution in [2.24, 2.45) is 11.0 Å². The lowest BCUT2D eigenvalue weighted by atomic mass is 9.87. The average Bonchev–Trinajstić information content (AvgIpc) is 3.06. The number of benzene rings is 2. The fourth-order valence-electron chi connectivity index (χ4n) is 3.34. The van der Waals surface area contributed by atoms with E-state index in [9.17, 15) is 0 Å². The monoisotopic (exact) mass is 341 g/mol. The molecule has 2 unspecified atom stereocenters. The van der Waals surface area contributed by atoms with Crippen LogP contribution in [0.1, 0.15) is 23.6 Å². The molecule has 4 nitrogen and oxygen atoms in total. The second-order valence-corrected chi connectivity index (χ2v) is 6.64. The zero-order valence-corrected chi connectivity index (χ0v) is 14.1. The van der Waals surface area contributed by atoms with Gasteiger partial charge in [0.2, 0.25) is 0 Å². The Morgan fingerprint density at radius 2 is 2.04 bits per heavy atom. The van der Waals surface area contributed by atoms with Crippen LogP contribution in [-0.4, -0.2) is 18.8 Å². The molecule has 2 aliphatic heterocycles. The molecule has 2 aromatic rings. The summed E-state index contributed by atoms with van der Waals surface area (Å²) in [6, 6.07) is 16.3. The molecule has 2 atom stereocenters. The van der Waals surface area contributed by atoms with Gasteiger partial charge in [0.1, 0.15) is 12.4 Å². The lowest BCUT2D eigenvalue weighted by Crippen LogP contribution is -2.38. The van der Waals surface area contributed by atoms with E-state index in [-0.39, 0.29) is 6.04 Å². The van der Waals surface area contributed by atoms with Crippen LogP contribution in [0.25, 0.3) is 0 Å². The molecule has 1 fully saturated rings. The Bertz CT molecular complexity index is 748. The van der Waals surface area contributed by atoms with Gasteiger partial charge in [0.05, 0.1) is 11.1 Å². The Balaban J connectivity index is 1.46. The highest BCUT2D eigenvalue weighted by molar-refractivity contribution is 6.32. The number of hydrazone groups is 1. The van der Waals surface area contributed by atoms with Gasteiger partial charge in [-0.05, 0) is 23.3 Å². The van der Waals surface area contributed by atoms with Crippen LogP contribution in [-0.2, 0) is 6.61 Å². The molecule has 0 aliphatic carbocycles. The van der Waals surface area contributed by atoms with E-state index in [1.165, 1.54) is 5.71 Å². The molecule has 0 saturated carbocycles. The lowest BCUT2D eigenvalue weighted by Gasteiger charge is -2.25. The molecule has 124 valence electrons. The van der Waals surface area contributed by atoms with Gasteiger partial charge in [-0.3, -0.25) is 0 Å². The number of ether oxygens (including phenoxy) is 1. The van der Waals surface area contributed by atoms with Gasteiger partial charge in [0.25, 0.3) is 0 Å². The van der Waals surface area contributed by atoms with E-state index in [1.54, 1.807) is 0 Å². The van der Waals surface area contributed by atoms with E-state index in [0.29, 0.717) is 23.3 Å². The second kappa shape index (κ2) is 6.83. The Hall–Kier alpha value is -2.04. The topological polar surface area (TPSA) is 45.7 Å². The fourth-order valence-corrected chi connectivity index (χ4v) is 3.58. The number of rotatable bonds is 4. The SMILES string of the molecule is Clc1cc(C2NN=C3CCNCC32)ccc1OCc1ccccc1. The smallest absolute Gasteiger partial charge is 0.138 e. The molecule has 1 saturated heterocycles. The van der Waals surface area contributed by atoms with Gasteiger partial charge in [-0.1, -0.05) is 48.0 Å². The zero-order chi connectivity index (χ0) is 16.4. The summed E-state index contributed by atoms with van der Waals surface area (Å²) in [4.78, 5) is 0. The third-order valence-corrected chi connectivity index (χ3v) is 4.95. The summed E-state index contributed by atoms with van der Waals surface area (Å²) in [6.45, 7) is 2.48. The first-order valence-corrected chi connectivity index (χ1v) is 8.68. The number of nitrogens with one attached hydrogen (secondary N) is 2. The molecule has 2 aliphatic rings. The number of nitrogens with zero attached hydrogens (tertiary/aromatic N) is 1. The Kier molecular flexibility index (Phi) is 4.41. The van der Waals surface area contributed by atoms with Crippen molar-refractivity contribution in [2.45, 2.75) is 19.1 Å². The van der Waals surface area contributed by atoms with Crippen molar-refractivity contribution < 1.29 is 4.74 Å². The Morgan fingerprint density at radius 3 is 2.88 bits per heavy atom. The highest BCUT2D eigenvalue weighted by Gasteiger charge is 2.34. The summed E-state index contributed by atoms with van der Waals surface area (Å²) < 4.78 is 5.85. The number of hydrogen-bond acceptors (Lipinski definition) is 4. The van der Waals surface area contributed by atoms with Gasteiger partial charge in [-0.2, -0.15) is 5.10 Å². The van der Waals surface area contributed by atoms with Crippen LogP contribution in [0.3, 0.4) is 0 Å². The molecule has 0 aromatic heterocycles. The molecule has 0 spiro atoms. The van der Waals surface area contributed by atoms with E-state index >= 15 is 0 Å². The normalized spacial score (nSPS) is 22.5. The van der Waals surface area contributed by atoms with Crippen molar-refractivity contribution in [3.8, 4) is 5.75 Å². The van der Waals surface area contributed by atoms with E-state index < -0.39 is 0 Å². The first-order chi connectivity index (χ1) is 11.8. The van der Waals surface area contributed by atoms with Crippen LogP contribution < -0.4 is 15.5 Å². The Labute approximate surface area is 146 Å². The molecule has 24 heavy (non-hydrogen) atoms. The highest BCUT2D eigenvalue weighted by atomic mass is 35.5. The van der Waals surface area contributed by atoms with Crippen LogP contribution >= 0.6 is 11.6 Å². The summed E-state index contributed by atoms with van der Waals surface area (Å²) in [5.74, 6) is 1.12. The maximum atomic E-state index is 6.44. The zero-order valence-electron chi connectivity index (χ0n) is 13.3. The number of hydrogen-bond donors (Lipinski definition) is 2. The van der Waals surface area contributed by atoms with Crippen LogP contribution in [0.2, 0.25) is 5.02 Å². The molecular weight excluding hydrogens is 322 g/mol. The van der Waals surface area contributed by atoms with E-state index in [4.69, 9.17) is 16.3 Å². The summed E-state index contributed by atoms with van der Waals surface area (Å²) in [6.07, 6.45) is 1.01. The summed E-state index contributed by atoms with van der Waals surface area (Å²) >= 11 is 6.44. The van der Waals surface area contributed by atoms with Crippen LogP contribution in [0, 0.1) is 5.92 Å². The molecule has 0 radical (unpaired) electrons. The molecule has 4 rings (SSSR count). The van der Waals surface area contributed by atoms with Gasteiger partial charge in [-0.15, -0.1) is 0 Å². The number of piperidine rings is 1. The van der Waals surface area contributed by atoms with Crippen LogP contribution in [0.5, 0.6) is 5.75 Å². The first kappa shape index (κ1) is 15.5. The minimum absolute atomic E-state index is 0.188. The minimum Gasteiger partial charge on any atom is -0.487 e. The second-order valence-electron chi connectivity index (χ2n) is 6.23. The number of halogens is 1. The predicted molar refractivity (Wildman–Crippen MR) is 96.5 cm³/mol. The molecule has 0 amide bonds. The molecule has 2 aromatic carbocycles. The van der Waals surface area contributed by atoms with Crippen molar-refractivity contribution in [3.63, 3.8) is 0 Å². The van der Waals surface area contributed by atoms with E-state index in [1.807, 2.05) is 42.5 Å². The first-order valence-electron chi connectivity index (χ1n) is 8.30. The third-order valence-electron chi connectivity index (χ3n) is 4.65. The predicted octanol–water partition coefficient (Wildman–Crippen LogP) is 3.53. The number of fused-ring (bicyclic) bond motifs is 1. The standard InChI is InChI=1S/C19H20ClN3O/c20-16-10-14(19-15-11-21-9-8-17(15)22-23-19)6-7-18(16)24-12-13-4-2-1-3-5-13/h1-7,10,15,19,21,23H,8-9,11-12H2. The summed E-state index contributed by atoms with van der Waals surface area (Å²) in [7, 11) is 0. The maximum absolute atomic E-state index is 6.44. The van der Waals surface area contributed by atoms with Crippen molar-refractivity contribution in [3.05, 3.63) is 64.7 Å². The quantitative estimate of drug-likeness (QED) is 0.894. The van der Waals surface area contributed by atoms with Crippen LogP contribution in [0.4, 0.5) is 0 Å². The van der Waals surface area contributed by atoms with Gasteiger partial charge < -0.3 is 15.5 Å². The molecule has 0 bridgehead atoms.